The van der Waals surface area contributed by atoms with Crippen molar-refractivity contribution in [2.75, 3.05) is 6.54 Å². The van der Waals surface area contributed by atoms with Crippen molar-refractivity contribution >= 4 is 16.9 Å². The summed E-state index contributed by atoms with van der Waals surface area (Å²) >= 11 is 0. The Hall–Kier alpha value is -2.01. The van der Waals surface area contributed by atoms with Crippen molar-refractivity contribution in [1.82, 2.24) is 15.6 Å². The first-order valence-corrected chi connectivity index (χ1v) is 7.31. The molecule has 1 unspecified atom stereocenters. The van der Waals surface area contributed by atoms with Crippen LogP contribution in [0.1, 0.15) is 26.0 Å². The largest absolute Gasteiger partial charge is 0.391 e. The zero-order chi connectivity index (χ0) is 15.2. The molecule has 0 bridgehead atoms. The maximum atomic E-state index is 11.7. The number of amides is 2. The van der Waals surface area contributed by atoms with E-state index in [0.717, 1.165) is 16.6 Å². The Morgan fingerprint density at radius 2 is 2.05 bits per heavy atom. The van der Waals surface area contributed by atoms with Crippen LogP contribution >= 0.6 is 0 Å². The zero-order valence-corrected chi connectivity index (χ0v) is 12.5. The molecule has 0 spiro atoms. The lowest BCUT2D eigenvalue weighted by Gasteiger charge is -2.14. The fraction of sp³-hybridized carbons (Fsp3) is 0.438. The first kappa shape index (κ1) is 15.4. The maximum Gasteiger partial charge on any atom is 0.315 e. The molecule has 2 rings (SSSR count). The van der Waals surface area contributed by atoms with Crippen molar-refractivity contribution in [3.8, 4) is 0 Å². The van der Waals surface area contributed by atoms with Crippen LogP contribution in [0, 0.1) is 5.92 Å². The number of hydrogen-bond acceptors (Lipinski definition) is 2. The van der Waals surface area contributed by atoms with E-state index >= 15 is 0 Å². The second-order valence-electron chi connectivity index (χ2n) is 5.73. The molecule has 2 aromatic rings. The number of urea groups is 1. The highest BCUT2D eigenvalue weighted by Gasteiger charge is 2.09. The standard InChI is InChI=1S/C16H23N3O2/c1-11(2)7-14(20)10-18-16(21)17-9-13-8-12-5-3-4-6-15(12)19-13/h3-6,8,11,14,19-20H,7,9-10H2,1-2H3,(H2,17,18,21). The van der Waals surface area contributed by atoms with Crippen molar-refractivity contribution in [2.45, 2.75) is 32.9 Å². The molecule has 114 valence electrons. The van der Waals surface area contributed by atoms with Gasteiger partial charge in [0.1, 0.15) is 0 Å². The van der Waals surface area contributed by atoms with Crippen molar-refractivity contribution in [3.05, 3.63) is 36.0 Å². The number of nitrogens with one attached hydrogen (secondary N) is 3. The van der Waals surface area contributed by atoms with E-state index in [1.54, 1.807) is 0 Å². The quantitative estimate of drug-likeness (QED) is 0.659. The molecule has 5 nitrogen and oxygen atoms in total. The van der Waals surface area contributed by atoms with Crippen LogP contribution in [0.2, 0.25) is 0 Å². The fourth-order valence-corrected chi connectivity index (χ4v) is 2.30. The number of benzene rings is 1. The van der Waals surface area contributed by atoms with E-state index in [9.17, 15) is 9.90 Å². The molecule has 0 saturated carbocycles. The molecule has 1 aromatic carbocycles. The molecule has 1 aromatic heterocycles. The van der Waals surface area contributed by atoms with Gasteiger partial charge in [0, 0.05) is 17.8 Å². The predicted molar refractivity (Wildman–Crippen MR) is 84.0 cm³/mol. The summed E-state index contributed by atoms with van der Waals surface area (Å²) in [5, 5.41) is 16.3. The monoisotopic (exact) mass is 289 g/mol. The first-order chi connectivity index (χ1) is 10.0. The Labute approximate surface area is 124 Å². The van der Waals surface area contributed by atoms with Gasteiger partial charge in [0.2, 0.25) is 0 Å². The molecule has 0 aliphatic rings. The summed E-state index contributed by atoms with van der Waals surface area (Å²) in [5.41, 5.74) is 2.01. The van der Waals surface area contributed by atoms with E-state index < -0.39 is 6.10 Å². The molecule has 0 aliphatic carbocycles. The molecular weight excluding hydrogens is 266 g/mol. The Balaban J connectivity index is 1.76. The molecule has 0 fully saturated rings. The average molecular weight is 289 g/mol. The highest BCUT2D eigenvalue weighted by Crippen LogP contribution is 2.14. The third kappa shape index (κ3) is 4.79. The smallest absolute Gasteiger partial charge is 0.315 e. The number of carbonyl (C=O) groups excluding carboxylic acids is 1. The molecule has 4 N–H and O–H groups in total. The van der Waals surface area contributed by atoms with Crippen LogP contribution in [-0.4, -0.2) is 28.8 Å². The lowest BCUT2D eigenvalue weighted by atomic mass is 10.1. The molecule has 0 radical (unpaired) electrons. The van der Waals surface area contributed by atoms with Gasteiger partial charge in [-0.15, -0.1) is 0 Å². The van der Waals surface area contributed by atoms with Gasteiger partial charge in [-0.1, -0.05) is 32.0 Å². The molecule has 1 atom stereocenters. The molecule has 21 heavy (non-hydrogen) atoms. The topological polar surface area (TPSA) is 77.2 Å². The van der Waals surface area contributed by atoms with Gasteiger partial charge in [0.05, 0.1) is 12.6 Å². The van der Waals surface area contributed by atoms with Crippen LogP contribution in [0.3, 0.4) is 0 Å². The molecule has 0 aliphatic heterocycles. The van der Waals surface area contributed by atoms with Crippen molar-refractivity contribution < 1.29 is 9.90 Å². The summed E-state index contributed by atoms with van der Waals surface area (Å²) in [5.74, 6) is 0.413. The maximum absolute atomic E-state index is 11.7. The fourth-order valence-electron chi connectivity index (χ4n) is 2.30. The van der Waals surface area contributed by atoms with Gasteiger partial charge >= 0.3 is 6.03 Å². The third-order valence-electron chi connectivity index (χ3n) is 3.27. The van der Waals surface area contributed by atoms with Crippen molar-refractivity contribution in [3.63, 3.8) is 0 Å². The summed E-state index contributed by atoms with van der Waals surface area (Å²) in [6.45, 7) is 4.79. The number of aromatic amines is 1. The van der Waals surface area contributed by atoms with Crippen molar-refractivity contribution in [1.29, 1.82) is 0 Å². The minimum absolute atomic E-state index is 0.267. The normalized spacial score (nSPS) is 12.6. The van der Waals surface area contributed by atoms with Crippen molar-refractivity contribution in [2.24, 2.45) is 5.92 Å². The lowest BCUT2D eigenvalue weighted by molar-refractivity contribution is 0.147. The van der Waals surface area contributed by atoms with Crippen LogP contribution in [0.15, 0.2) is 30.3 Å². The Morgan fingerprint density at radius 3 is 2.76 bits per heavy atom. The number of aliphatic hydroxyl groups excluding tert-OH is 1. The number of aromatic nitrogens is 1. The number of H-pyrrole nitrogens is 1. The van der Waals surface area contributed by atoms with Crippen LogP contribution in [0.5, 0.6) is 0 Å². The molecule has 1 heterocycles. The molecule has 5 heteroatoms. The molecule has 0 saturated heterocycles. The summed E-state index contributed by atoms with van der Waals surface area (Å²) in [6, 6.07) is 9.73. The van der Waals surface area contributed by atoms with Gasteiger partial charge in [-0.05, 0) is 29.9 Å². The van der Waals surface area contributed by atoms with Gasteiger partial charge in [-0.25, -0.2) is 4.79 Å². The second kappa shape index (κ2) is 7.13. The number of para-hydroxylation sites is 1. The Bertz CT molecular complexity index is 559. The molecule has 2 amide bonds. The van der Waals surface area contributed by atoms with Gasteiger partial charge in [0.25, 0.3) is 0 Å². The van der Waals surface area contributed by atoms with E-state index in [1.165, 1.54) is 0 Å². The van der Waals surface area contributed by atoms with E-state index in [4.69, 9.17) is 0 Å². The number of hydrogen-bond donors (Lipinski definition) is 4. The van der Waals surface area contributed by atoms with Crippen LogP contribution in [0.25, 0.3) is 10.9 Å². The van der Waals surface area contributed by atoms with Crippen LogP contribution in [-0.2, 0) is 6.54 Å². The zero-order valence-electron chi connectivity index (χ0n) is 12.5. The van der Waals surface area contributed by atoms with E-state index in [2.05, 4.69) is 15.6 Å². The minimum atomic E-state index is -0.496. The number of fused-ring (bicyclic) bond motifs is 1. The highest BCUT2D eigenvalue weighted by molar-refractivity contribution is 5.80. The summed E-state index contributed by atoms with van der Waals surface area (Å²) in [7, 11) is 0. The average Bonchev–Trinajstić information content (AvgIpc) is 2.85. The predicted octanol–water partition coefficient (Wildman–Crippen LogP) is 2.37. The van der Waals surface area contributed by atoms with E-state index in [0.29, 0.717) is 18.9 Å². The number of aliphatic hydroxyl groups is 1. The van der Waals surface area contributed by atoms with Crippen LogP contribution in [0.4, 0.5) is 4.79 Å². The SMILES string of the molecule is CC(C)CC(O)CNC(=O)NCc1cc2ccccc2[nH]1. The Morgan fingerprint density at radius 1 is 1.29 bits per heavy atom. The van der Waals surface area contributed by atoms with Gasteiger partial charge in [-0.3, -0.25) is 0 Å². The van der Waals surface area contributed by atoms with Crippen LogP contribution < -0.4 is 10.6 Å². The summed E-state index contributed by atoms with van der Waals surface area (Å²) in [4.78, 5) is 14.9. The summed E-state index contributed by atoms with van der Waals surface area (Å²) < 4.78 is 0. The van der Waals surface area contributed by atoms with E-state index in [-0.39, 0.29) is 12.6 Å². The number of carbonyl (C=O) groups is 1. The summed E-state index contributed by atoms with van der Waals surface area (Å²) in [6.07, 6.45) is 0.186. The lowest BCUT2D eigenvalue weighted by Crippen LogP contribution is -2.39. The Kier molecular flexibility index (Phi) is 5.22. The first-order valence-electron chi connectivity index (χ1n) is 7.31. The minimum Gasteiger partial charge on any atom is -0.391 e. The highest BCUT2D eigenvalue weighted by atomic mass is 16.3. The van der Waals surface area contributed by atoms with E-state index in [1.807, 2.05) is 44.2 Å². The van der Waals surface area contributed by atoms with Gasteiger partial charge < -0.3 is 20.7 Å². The van der Waals surface area contributed by atoms with Gasteiger partial charge in [0.15, 0.2) is 0 Å². The molecular formula is C16H23N3O2. The number of rotatable bonds is 6. The van der Waals surface area contributed by atoms with Gasteiger partial charge in [-0.2, -0.15) is 0 Å². The second-order valence-corrected chi connectivity index (χ2v) is 5.73. The third-order valence-corrected chi connectivity index (χ3v) is 3.27.